The Hall–Kier alpha value is -1.69. The number of amides is 1. The number of aryl methyl sites for hydroxylation is 1. The van der Waals surface area contributed by atoms with Crippen LogP contribution in [0.4, 0.5) is 0 Å². The average Bonchev–Trinajstić information content (AvgIpc) is 3.15. The first-order valence-electron chi connectivity index (χ1n) is 8.07. The van der Waals surface area contributed by atoms with Gasteiger partial charge in [0, 0.05) is 36.1 Å². The summed E-state index contributed by atoms with van der Waals surface area (Å²) in [5, 5.41) is 7.35. The number of aromatic nitrogens is 3. The fourth-order valence-electron chi connectivity index (χ4n) is 3.01. The van der Waals surface area contributed by atoms with Crippen LogP contribution >= 0.6 is 11.3 Å². The van der Waals surface area contributed by atoms with E-state index in [1.807, 2.05) is 29.7 Å². The van der Waals surface area contributed by atoms with Crippen molar-refractivity contribution in [2.75, 3.05) is 6.54 Å². The number of carbonyl (C=O) groups is 1. The van der Waals surface area contributed by atoms with Gasteiger partial charge in [-0.3, -0.25) is 9.48 Å². The Bertz CT molecular complexity index is 698. The van der Waals surface area contributed by atoms with Crippen molar-refractivity contribution in [2.24, 2.45) is 7.05 Å². The van der Waals surface area contributed by atoms with Crippen LogP contribution in [0.5, 0.6) is 0 Å². The maximum Gasteiger partial charge on any atom is 0.229 e. The van der Waals surface area contributed by atoms with Gasteiger partial charge < -0.3 is 4.90 Å². The van der Waals surface area contributed by atoms with Gasteiger partial charge in [-0.05, 0) is 12.8 Å². The van der Waals surface area contributed by atoms with Crippen LogP contribution in [0.3, 0.4) is 0 Å². The molecule has 2 aromatic heterocycles. The van der Waals surface area contributed by atoms with E-state index in [0.29, 0.717) is 6.42 Å². The Morgan fingerprint density at radius 1 is 1.43 bits per heavy atom. The Balaban J connectivity index is 1.71. The lowest BCUT2D eigenvalue weighted by Crippen LogP contribution is -2.31. The number of nitrogens with zero attached hydrogens (tertiary/aromatic N) is 4. The van der Waals surface area contributed by atoms with Crippen molar-refractivity contribution >= 4 is 17.2 Å². The molecule has 5 nitrogen and oxygen atoms in total. The number of thiazole rings is 1. The van der Waals surface area contributed by atoms with Crippen LogP contribution in [-0.4, -0.2) is 32.1 Å². The molecule has 0 saturated carbocycles. The molecular formula is C17H24N4OS. The van der Waals surface area contributed by atoms with Crippen LogP contribution in [0.2, 0.25) is 0 Å². The molecule has 2 aromatic rings. The molecule has 3 heterocycles. The van der Waals surface area contributed by atoms with Crippen molar-refractivity contribution in [3.63, 3.8) is 0 Å². The van der Waals surface area contributed by atoms with E-state index in [2.05, 4.69) is 30.9 Å². The zero-order valence-electron chi connectivity index (χ0n) is 14.2. The summed E-state index contributed by atoms with van der Waals surface area (Å²) in [6.45, 7) is 7.28. The first-order valence-corrected chi connectivity index (χ1v) is 8.95. The van der Waals surface area contributed by atoms with Crippen molar-refractivity contribution in [3.8, 4) is 0 Å². The van der Waals surface area contributed by atoms with Crippen LogP contribution in [0.1, 0.15) is 55.9 Å². The molecule has 0 aliphatic carbocycles. The van der Waals surface area contributed by atoms with Gasteiger partial charge in [-0.15, -0.1) is 11.3 Å². The van der Waals surface area contributed by atoms with Crippen molar-refractivity contribution in [1.29, 1.82) is 0 Å². The predicted octanol–water partition coefficient (Wildman–Crippen LogP) is 3.08. The second-order valence-corrected chi connectivity index (χ2v) is 8.12. The highest BCUT2D eigenvalue weighted by Gasteiger charge is 2.31. The Morgan fingerprint density at radius 2 is 2.22 bits per heavy atom. The van der Waals surface area contributed by atoms with Crippen LogP contribution in [0, 0.1) is 0 Å². The van der Waals surface area contributed by atoms with Gasteiger partial charge in [0.1, 0.15) is 0 Å². The summed E-state index contributed by atoms with van der Waals surface area (Å²) in [5.74, 6) is 0.169. The number of likely N-dealkylation sites (tertiary alicyclic amines) is 1. The van der Waals surface area contributed by atoms with Crippen LogP contribution in [-0.2, 0) is 23.7 Å². The first-order chi connectivity index (χ1) is 10.8. The maximum absolute atomic E-state index is 12.7. The minimum absolute atomic E-state index is 0.0395. The molecule has 1 aliphatic rings. The Morgan fingerprint density at radius 3 is 2.83 bits per heavy atom. The highest BCUT2D eigenvalue weighted by Crippen LogP contribution is 2.32. The van der Waals surface area contributed by atoms with Gasteiger partial charge in [-0.2, -0.15) is 5.10 Å². The first kappa shape index (κ1) is 16.2. The van der Waals surface area contributed by atoms with Crippen molar-refractivity contribution in [1.82, 2.24) is 19.7 Å². The van der Waals surface area contributed by atoms with E-state index in [9.17, 15) is 4.79 Å². The van der Waals surface area contributed by atoms with Crippen LogP contribution in [0.25, 0.3) is 0 Å². The van der Waals surface area contributed by atoms with Gasteiger partial charge in [-0.1, -0.05) is 20.8 Å². The summed E-state index contributed by atoms with van der Waals surface area (Å²) in [7, 11) is 1.91. The van der Waals surface area contributed by atoms with Crippen molar-refractivity contribution in [2.45, 2.75) is 51.5 Å². The monoisotopic (exact) mass is 332 g/mol. The molecule has 0 N–H and O–H groups in total. The fraction of sp³-hybridized carbons (Fsp3) is 0.588. The van der Waals surface area contributed by atoms with Gasteiger partial charge >= 0.3 is 0 Å². The number of carbonyl (C=O) groups excluding carboxylic acids is 1. The molecule has 0 bridgehead atoms. The predicted molar refractivity (Wildman–Crippen MR) is 91.4 cm³/mol. The van der Waals surface area contributed by atoms with E-state index < -0.39 is 0 Å². The molecule has 1 aliphatic heterocycles. The van der Waals surface area contributed by atoms with Crippen LogP contribution in [0.15, 0.2) is 17.8 Å². The van der Waals surface area contributed by atoms with Gasteiger partial charge in [0.2, 0.25) is 5.91 Å². The standard InChI is InChI=1S/C17H24N4OS/c1-17(2,3)16-19-13(11-23-16)8-15(22)21-7-5-6-14(21)12-9-18-20(4)10-12/h9-11,14H,5-8H2,1-4H3/t14-/m1/s1. The smallest absolute Gasteiger partial charge is 0.229 e. The minimum atomic E-state index is 0.0395. The topological polar surface area (TPSA) is 51.0 Å². The quantitative estimate of drug-likeness (QED) is 0.868. The van der Waals surface area contributed by atoms with Gasteiger partial charge in [0.25, 0.3) is 0 Å². The molecule has 0 unspecified atom stereocenters. The molecule has 0 spiro atoms. The summed E-state index contributed by atoms with van der Waals surface area (Å²) in [6.07, 6.45) is 6.34. The zero-order chi connectivity index (χ0) is 16.6. The summed E-state index contributed by atoms with van der Waals surface area (Å²) in [5.41, 5.74) is 2.06. The van der Waals surface area contributed by atoms with Crippen molar-refractivity contribution in [3.05, 3.63) is 34.0 Å². The molecule has 0 aromatic carbocycles. The lowest BCUT2D eigenvalue weighted by atomic mass is 9.98. The molecular weight excluding hydrogens is 308 g/mol. The van der Waals surface area contributed by atoms with Gasteiger partial charge in [-0.25, -0.2) is 4.98 Å². The molecule has 1 atom stereocenters. The van der Waals surface area contributed by atoms with E-state index in [4.69, 9.17) is 0 Å². The summed E-state index contributed by atoms with van der Waals surface area (Å²) in [6, 6.07) is 0.164. The summed E-state index contributed by atoms with van der Waals surface area (Å²) in [4.78, 5) is 19.4. The van der Waals surface area contributed by atoms with Gasteiger partial charge in [0.05, 0.1) is 29.4 Å². The lowest BCUT2D eigenvalue weighted by molar-refractivity contribution is -0.131. The molecule has 124 valence electrons. The molecule has 6 heteroatoms. The third-order valence-electron chi connectivity index (χ3n) is 4.21. The molecule has 1 amide bonds. The summed E-state index contributed by atoms with van der Waals surface area (Å²) >= 11 is 1.65. The average molecular weight is 332 g/mol. The molecule has 3 rings (SSSR count). The number of hydrogen-bond acceptors (Lipinski definition) is 4. The van der Waals surface area contributed by atoms with E-state index in [0.717, 1.165) is 35.7 Å². The third kappa shape index (κ3) is 3.47. The van der Waals surface area contributed by atoms with E-state index in [1.54, 1.807) is 16.0 Å². The summed E-state index contributed by atoms with van der Waals surface area (Å²) < 4.78 is 1.80. The minimum Gasteiger partial charge on any atom is -0.335 e. The molecule has 23 heavy (non-hydrogen) atoms. The second-order valence-electron chi connectivity index (χ2n) is 7.26. The molecule has 0 radical (unpaired) electrons. The third-order valence-corrected chi connectivity index (χ3v) is 5.53. The highest BCUT2D eigenvalue weighted by molar-refractivity contribution is 7.09. The second kappa shape index (κ2) is 6.07. The van der Waals surface area contributed by atoms with Gasteiger partial charge in [0.15, 0.2) is 0 Å². The SMILES string of the molecule is Cn1cc([C@H]2CCCN2C(=O)Cc2csc(C(C)(C)C)n2)cn1. The van der Waals surface area contributed by atoms with E-state index in [1.165, 1.54) is 0 Å². The zero-order valence-corrected chi connectivity index (χ0v) is 15.1. The number of hydrogen-bond donors (Lipinski definition) is 0. The number of rotatable bonds is 3. The Kier molecular flexibility index (Phi) is 4.27. The largest absolute Gasteiger partial charge is 0.335 e. The van der Waals surface area contributed by atoms with E-state index in [-0.39, 0.29) is 17.4 Å². The maximum atomic E-state index is 12.7. The fourth-order valence-corrected chi connectivity index (χ4v) is 3.92. The normalized spacial score (nSPS) is 18.6. The van der Waals surface area contributed by atoms with Crippen LogP contribution < -0.4 is 0 Å². The molecule has 1 saturated heterocycles. The highest BCUT2D eigenvalue weighted by atomic mass is 32.1. The Labute approximate surface area is 141 Å². The lowest BCUT2D eigenvalue weighted by Gasteiger charge is -2.23. The van der Waals surface area contributed by atoms with E-state index >= 15 is 0 Å². The van der Waals surface area contributed by atoms with Crippen molar-refractivity contribution < 1.29 is 4.79 Å². The molecule has 1 fully saturated rings.